The highest BCUT2D eigenvalue weighted by Crippen LogP contribution is 2.21. The van der Waals surface area contributed by atoms with Crippen LogP contribution in [0.25, 0.3) is 0 Å². The molecular formula is C37H55N9O4. The molecule has 50 heavy (non-hydrogen) atoms. The van der Waals surface area contributed by atoms with Gasteiger partial charge in [-0.05, 0) is 49.1 Å². The highest BCUT2D eigenvalue weighted by molar-refractivity contribution is 5.95. The van der Waals surface area contributed by atoms with Gasteiger partial charge in [-0.3, -0.25) is 29.6 Å². The van der Waals surface area contributed by atoms with Crippen molar-refractivity contribution in [1.29, 1.82) is 5.41 Å². The van der Waals surface area contributed by atoms with Gasteiger partial charge >= 0.3 is 0 Å². The van der Waals surface area contributed by atoms with E-state index < -0.39 is 29.8 Å². The molecule has 0 aliphatic carbocycles. The lowest BCUT2D eigenvalue weighted by atomic mass is 9.88. The summed E-state index contributed by atoms with van der Waals surface area (Å²) in [6.45, 7) is 5.87. The van der Waals surface area contributed by atoms with Crippen LogP contribution in [0.4, 0.5) is 0 Å². The molecule has 2 aromatic carbocycles. The van der Waals surface area contributed by atoms with Crippen LogP contribution < -0.4 is 28.3 Å². The molecule has 1 saturated heterocycles. The first-order chi connectivity index (χ1) is 23.8. The fourth-order valence-corrected chi connectivity index (χ4v) is 6.25. The maximum atomic E-state index is 14.0. The zero-order valence-corrected chi connectivity index (χ0v) is 29.4. The van der Waals surface area contributed by atoms with Crippen molar-refractivity contribution >= 4 is 35.3 Å². The van der Waals surface area contributed by atoms with Crippen molar-refractivity contribution in [3.05, 3.63) is 71.8 Å². The molecule has 1 aliphatic heterocycles. The molecule has 2 amide bonds. The number of ketones is 2. The minimum Gasteiger partial charge on any atom is -0.370 e. The molecule has 10 N–H and O–H groups in total. The van der Waals surface area contributed by atoms with Gasteiger partial charge in [-0.15, -0.1) is 0 Å². The smallest absolute Gasteiger partial charge is 0.226 e. The second kappa shape index (κ2) is 20.0. The molecule has 13 nitrogen and oxygen atoms in total. The number of guanidine groups is 2. The molecule has 1 heterocycles. The Morgan fingerprint density at radius 2 is 1.36 bits per heavy atom. The van der Waals surface area contributed by atoms with E-state index in [9.17, 15) is 19.2 Å². The number of nitrogens with two attached hydrogens (primary N) is 4. The second-order valence-electron chi connectivity index (χ2n) is 13.6. The lowest BCUT2D eigenvalue weighted by Gasteiger charge is -2.28. The number of benzene rings is 2. The average molecular weight is 690 g/mol. The number of carbonyl (C=O) groups is 4. The van der Waals surface area contributed by atoms with E-state index in [1.165, 1.54) is 0 Å². The van der Waals surface area contributed by atoms with E-state index >= 15 is 0 Å². The number of nitrogens with zero attached hydrogens (tertiary/aromatic N) is 3. The maximum absolute atomic E-state index is 14.0. The van der Waals surface area contributed by atoms with Crippen molar-refractivity contribution < 1.29 is 19.2 Å². The van der Waals surface area contributed by atoms with Gasteiger partial charge in [0.2, 0.25) is 11.8 Å². The molecule has 1 fully saturated rings. The highest BCUT2D eigenvalue weighted by atomic mass is 16.2. The topological polar surface area (TPSA) is 227 Å². The molecular weight excluding hydrogens is 634 g/mol. The standard InChI is InChI=1S/C37H55N9O4/c1-25(2)20-31(33(48)23-28(14-15-43-36(39)40)35(50)45-16-9-17-46(19-18-45)37(41)42)44-34(49)29(21-26-10-5-3-6-11-26)24-32(47)30(38)22-27-12-7-4-8-13-27/h3-8,10-13,25,28-31H,9,14-24,38H2,1-2H3,(H3,41,42)(H,44,49)(H4,39,40,43)/t28-,29-,30+,31+/m0/s1. The second-order valence-corrected chi connectivity index (χ2v) is 13.6. The average Bonchev–Trinajstić information content (AvgIpc) is 3.34. The molecule has 4 atom stereocenters. The van der Waals surface area contributed by atoms with Crippen molar-refractivity contribution in [1.82, 2.24) is 15.1 Å². The van der Waals surface area contributed by atoms with E-state index in [2.05, 4.69) is 10.3 Å². The molecule has 0 radical (unpaired) electrons. The summed E-state index contributed by atoms with van der Waals surface area (Å²) in [5.74, 6) is -2.70. The summed E-state index contributed by atoms with van der Waals surface area (Å²) >= 11 is 0. The SMILES string of the molecule is CC(C)C[C@@H](NC(=O)[C@H](CC(=O)[C@H](N)Cc1ccccc1)Cc1ccccc1)C(=O)C[C@H](CCN=C(N)N)C(=O)N1CCCN(C(=N)N)CC1. The molecule has 2 aromatic rings. The molecule has 0 spiro atoms. The monoisotopic (exact) mass is 689 g/mol. The fourth-order valence-electron chi connectivity index (χ4n) is 6.25. The van der Waals surface area contributed by atoms with Gasteiger partial charge in [0.1, 0.15) is 0 Å². The van der Waals surface area contributed by atoms with Gasteiger partial charge in [-0.1, -0.05) is 74.5 Å². The first-order valence-corrected chi connectivity index (χ1v) is 17.5. The lowest BCUT2D eigenvalue weighted by Crippen LogP contribution is -2.47. The Kier molecular flexibility index (Phi) is 15.9. The summed E-state index contributed by atoms with van der Waals surface area (Å²) in [6.07, 6.45) is 1.68. The molecule has 0 bridgehead atoms. The van der Waals surface area contributed by atoms with Crippen LogP contribution in [-0.4, -0.2) is 89.9 Å². The molecule has 13 heteroatoms. The number of hydrogen-bond acceptors (Lipinski definition) is 7. The van der Waals surface area contributed by atoms with E-state index in [-0.39, 0.29) is 61.1 Å². The number of Topliss-reactive ketones (excluding diaryl/α,β-unsaturated/α-hetero) is 2. The van der Waals surface area contributed by atoms with Crippen molar-refractivity contribution in [3.63, 3.8) is 0 Å². The zero-order chi connectivity index (χ0) is 36.6. The van der Waals surface area contributed by atoms with E-state index in [1.807, 2.05) is 74.5 Å². The fraction of sp³-hybridized carbons (Fsp3) is 0.514. The number of carbonyl (C=O) groups excluding carboxylic acids is 4. The highest BCUT2D eigenvalue weighted by Gasteiger charge is 2.33. The van der Waals surface area contributed by atoms with Crippen LogP contribution >= 0.6 is 0 Å². The normalized spacial score (nSPS) is 15.7. The third-order valence-electron chi connectivity index (χ3n) is 8.98. The van der Waals surface area contributed by atoms with Gasteiger partial charge in [0.15, 0.2) is 23.5 Å². The number of aliphatic imine (C=N–C) groups is 1. The van der Waals surface area contributed by atoms with Crippen LogP contribution in [0, 0.1) is 23.2 Å². The Hall–Kier alpha value is -4.78. The molecule has 0 aromatic heterocycles. The Morgan fingerprint density at radius 1 is 0.800 bits per heavy atom. The Bertz CT molecular complexity index is 1450. The lowest BCUT2D eigenvalue weighted by molar-refractivity contribution is -0.139. The van der Waals surface area contributed by atoms with Gasteiger partial charge in [-0.25, -0.2) is 0 Å². The predicted molar refractivity (Wildman–Crippen MR) is 196 cm³/mol. The van der Waals surface area contributed by atoms with Crippen LogP contribution in [0.5, 0.6) is 0 Å². The molecule has 1 aliphatic rings. The van der Waals surface area contributed by atoms with Gasteiger partial charge in [0.05, 0.1) is 12.1 Å². The first-order valence-electron chi connectivity index (χ1n) is 17.5. The Morgan fingerprint density at radius 3 is 1.94 bits per heavy atom. The van der Waals surface area contributed by atoms with Crippen LogP contribution in [0.1, 0.15) is 57.1 Å². The summed E-state index contributed by atoms with van der Waals surface area (Å²) in [7, 11) is 0. The molecule has 272 valence electrons. The number of amides is 2. The first kappa shape index (κ1) is 39.7. The molecule has 0 unspecified atom stereocenters. The van der Waals surface area contributed by atoms with Crippen LogP contribution in [0.3, 0.4) is 0 Å². The van der Waals surface area contributed by atoms with Crippen molar-refractivity contribution in [2.24, 2.45) is 45.7 Å². The number of nitrogens with one attached hydrogen (secondary N) is 2. The summed E-state index contributed by atoms with van der Waals surface area (Å²) in [6, 6.07) is 17.3. The maximum Gasteiger partial charge on any atom is 0.226 e. The summed E-state index contributed by atoms with van der Waals surface area (Å²) < 4.78 is 0. The van der Waals surface area contributed by atoms with Gasteiger partial charge in [0.25, 0.3) is 0 Å². The summed E-state index contributed by atoms with van der Waals surface area (Å²) in [4.78, 5) is 62.7. The number of hydrogen-bond donors (Lipinski definition) is 6. The van der Waals surface area contributed by atoms with Gasteiger partial charge in [0, 0.05) is 57.4 Å². The van der Waals surface area contributed by atoms with E-state index in [4.69, 9.17) is 28.3 Å². The quantitative estimate of drug-likeness (QED) is 0.0985. The predicted octanol–water partition coefficient (Wildman–Crippen LogP) is 1.57. The summed E-state index contributed by atoms with van der Waals surface area (Å²) in [5.41, 5.74) is 24.9. The molecule has 3 rings (SSSR count). The van der Waals surface area contributed by atoms with Crippen LogP contribution in [0.2, 0.25) is 0 Å². The number of rotatable bonds is 18. The van der Waals surface area contributed by atoms with E-state index in [1.54, 1.807) is 9.80 Å². The third-order valence-corrected chi connectivity index (χ3v) is 8.98. The van der Waals surface area contributed by atoms with Crippen LogP contribution in [0.15, 0.2) is 65.7 Å². The largest absolute Gasteiger partial charge is 0.370 e. The van der Waals surface area contributed by atoms with E-state index in [0.717, 1.165) is 11.1 Å². The molecule has 0 saturated carbocycles. The minimum atomic E-state index is -0.871. The zero-order valence-electron chi connectivity index (χ0n) is 29.4. The van der Waals surface area contributed by atoms with Gasteiger partial charge in [-0.2, -0.15) is 0 Å². The summed E-state index contributed by atoms with van der Waals surface area (Å²) in [5, 5.41) is 10.8. The van der Waals surface area contributed by atoms with Crippen molar-refractivity contribution in [2.45, 2.75) is 70.9 Å². The Labute approximate surface area is 295 Å². The van der Waals surface area contributed by atoms with Gasteiger partial charge < -0.3 is 38.1 Å². The van der Waals surface area contributed by atoms with Crippen LogP contribution in [-0.2, 0) is 32.0 Å². The minimum absolute atomic E-state index is 0.0449. The Balaban J connectivity index is 1.79. The van der Waals surface area contributed by atoms with Crippen molar-refractivity contribution in [2.75, 3.05) is 32.7 Å². The van der Waals surface area contributed by atoms with E-state index in [0.29, 0.717) is 51.9 Å². The van der Waals surface area contributed by atoms with Crippen molar-refractivity contribution in [3.8, 4) is 0 Å². The third kappa shape index (κ3) is 13.3.